The van der Waals surface area contributed by atoms with Crippen molar-refractivity contribution in [2.24, 2.45) is 0 Å². The van der Waals surface area contributed by atoms with Crippen LogP contribution in [0.15, 0.2) is 47.6 Å². The molecule has 0 N–H and O–H groups in total. The number of benzene rings is 1. The fourth-order valence-electron chi connectivity index (χ4n) is 1.84. The highest BCUT2D eigenvalue weighted by Gasteiger charge is 2.08. The molecule has 0 fully saturated rings. The van der Waals surface area contributed by atoms with Crippen LogP contribution < -0.4 is 0 Å². The van der Waals surface area contributed by atoms with Crippen molar-refractivity contribution >= 4 is 11.5 Å². The van der Waals surface area contributed by atoms with E-state index in [4.69, 9.17) is 0 Å². The summed E-state index contributed by atoms with van der Waals surface area (Å²) < 4.78 is 0. The summed E-state index contributed by atoms with van der Waals surface area (Å²) in [6.07, 6.45) is 6.37. The Morgan fingerprint density at radius 1 is 1.14 bits per heavy atom. The number of non-ortho nitro benzene ring substituents is 1. The maximum Gasteiger partial charge on any atom is 0.269 e. The molecule has 0 spiro atoms. The monoisotopic (exact) mass is 287 g/mol. The van der Waals surface area contributed by atoms with Crippen molar-refractivity contribution in [3.05, 3.63) is 63.2 Å². The zero-order valence-electron chi connectivity index (χ0n) is 12.8. The minimum absolute atomic E-state index is 0.00000437. The fourth-order valence-corrected chi connectivity index (χ4v) is 1.84. The molecule has 0 saturated carbocycles. The number of carbonyl (C=O) groups excluding carboxylic acids is 1. The largest absolute Gasteiger partial charge is 0.294 e. The molecule has 0 aromatic heterocycles. The summed E-state index contributed by atoms with van der Waals surface area (Å²) in [6, 6.07) is 5.73. The molecular formula is C17H21NO3. The van der Waals surface area contributed by atoms with Crippen molar-refractivity contribution in [2.75, 3.05) is 0 Å². The van der Waals surface area contributed by atoms with Gasteiger partial charge in [-0.1, -0.05) is 23.3 Å². The topological polar surface area (TPSA) is 60.2 Å². The van der Waals surface area contributed by atoms with Gasteiger partial charge in [-0.3, -0.25) is 14.9 Å². The molecule has 1 aromatic rings. The number of nitro groups is 1. The van der Waals surface area contributed by atoms with Gasteiger partial charge in [-0.15, -0.1) is 0 Å². The number of hydrogen-bond donors (Lipinski definition) is 0. The third kappa shape index (κ3) is 6.17. The second kappa shape index (κ2) is 8.15. The molecule has 21 heavy (non-hydrogen) atoms. The molecule has 1 aromatic carbocycles. The highest BCUT2D eigenvalue weighted by molar-refractivity contribution is 5.97. The van der Waals surface area contributed by atoms with Crippen LogP contribution in [-0.4, -0.2) is 10.7 Å². The summed E-state index contributed by atoms with van der Waals surface area (Å²) in [5.74, 6) is -0.0218. The van der Waals surface area contributed by atoms with Gasteiger partial charge in [0.05, 0.1) is 4.92 Å². The molecule has 0 aliphatic carbocycles. The van der Waals surface area contributed by atoms with Crippen LogP contribution in [0.5, 0.6) is 0 Å². The maximum atomic E-state index is 12.0. The van der Waals surface area contributed by atoms with E-state index in [2.05, 4.69) is 19.9 Å². The predicted octanol–water partition coefficient (Wildman–Crippen LogP) is 4.86. The van der Waals surface area contributed by atoms with Crippen LogP contribution in [0.25, 0.3) is 0 Å². The van der Waals surface area contributed by atoms with Crippen molar-refractivity contribution in [3.8, 4) is 0 Å². The maximum absolute atomic E-state index is 12.0. The second-order valence-corrected chi connectivity index (χ2v) is 5.30. The van der Waals surface area contributed by atoms with E-state index in [1.165, 1.54) is 35.4 Å². The van der Waals surface area contributed by atoms with E-state index in [1.807, 2.05) is 13.0 Å². The normalized spacial score (nSPS) is 11.1. The average molecular weight is 287 g/mol. The molecule has 4 nitrogen and oxygen atoms in total. The Bertz CT molecular complexity index is 564. The van der Waals surface area contributed by atoms with E-state index in [0.717, 1.165) is 12.8 Å². The molecule has 0 heterocycles. The molecule has 0 aliphatic rings. The number of rotatable bonds is 7. The van der Waals surface area contributed by atoms with E-state index in [1.54, 1.807) is 0 Å². The van der Waals surface area contributed by atoms with Gasteiger partial charge in [-0.2, -0.15) is 0 Å². The Morgan fingerprint density at radius 3 is 2.29 bits per heavy atom. The molecular weight excluding hydrogens is 266 g/mol. The molecule has 0 saturated heterocycles. The second-order valence-electron chi connectivity index (χ2n) is 5.30. The summed E-state index contributed by atoms with van der Waals surface area (Å²) in [5.41, 5.74) is 2.99. The smallest absolute Gasteiger partial charge is 0.269 e. The van der Waals surface area contributed by atoms with E-state index in [0.29, 0.717) is 12.0 Å². The van der Waals surface area contributed by atoms with Gasteiger partial charge in [0, 0.05) is 24.1 Å². The van der Waals surface area contributed by atoms with E-state index >= 15 is 0 Å². The van der Waals surface area contributed by atoms with Gasteiger partial charge in [-0.05, 0) is 45.7 Å². The Balaban J connectivity index is 2.56. The SMILES string of the molecule is CC(C)=CCC/C(C)=C\CC(=O)c1ccc([N+](=O)[O-])cc1. The Morgan fingerprint density at radius 2 is 1.76 bits per heavy atom. The van der Waals surface area contributed by atoms with Crippen LogP contribution in [0, 0.1) is 10.1 Å². The first kappa shape index (κ1) is 16.8. The standard InChI is InChI=1S/C17H21NO3/c1-13(2)5-4-6-14(3)7-12-17(19)15-8-10-16(11-9-15)18(20)21/h5,7-11H,4,6,12H2,1-3H3/b14-7-. The average Bonchev–Trinajstić information content (AvgIpc) is 2.44. The third-order valence-electron chi connectivity index (χ3n) is 3.13. The highest BCUT2D eigenvalue weighted by Crippen LogP contribution is 2.14. The van der Waals surface area contributed by atoms with Crippen molar-refractivity contribution in [3.63, 3.8) is 0 Å². The number of nitrogens with zero attached hydrogens (tertiary/aromatic N) is 1. The highest BCUT2D eigenvalue weighted by atomic mass is 16.6. The first-order valence-corrected chi connectivity index (χ1v) is 6.97. The minimum atomic E-state index is -0.471. The van der Waals surface area contributed by atoms with Gasteiger partial charge < -0.3 is 0 Å². The van der Waals surface area contributed by atoms with Gasteiger partial charge in [-0.25, -0.2) is 0 Å². The van der Waals surface area contributed by atoms with Gasteiger partial charge in [0.2, 0.25) is 0 Å². The Kier molecular flexibility index (Phi) is 6.53. The molecule has 0 aliphatic heterocycles. The summed E-state index contributed by atoms with van der Waals surface area (Å²) >= 11 is 0. The number of nitro benzene ring substituents is 1. The Labute approximate surface area is 125 Å². The predicted molar refractivity (Wildman–Crippen MR) is 84.5 cm³/mol. The summed E-state index contributed by atoms with van der Waals surface area (Å²) in [4.78, 5) is 22.1. The number of carbonyl (C=O) groups is 1. The van der Waals surface area contributed by atoms with Crippen LogP contribution in [0.2, 0.25) is 0 Å². The lowest BCUT2D eigenvalue weighted by molar-refractivity contribution is -0.384. The lowest BCUT2D eigenvalue weighted by atomic mass is 10.0. The molecule has 112 valence electrons. The van der Waals surface area contributed by atoms with Crippen LogP contribution >= 0.6 is 0 Å². The van der Waals surface area contributed by atoms with Crippen molar-refractivity contribution in [1.82, 2.24) is 0 Å². The van der Waals surface area contributed by atoms with Crippen molar-refractivity contribution < 1.29 is 9.72 Å². The van der Waals surface area contributed by atoms with Crippen molar-refractivity contribution in [2.45, 2.75) is 40.0 Å². The summed E-state index contributed by atoms with van der Waals surface area (Å²) in [5, 5.41) is 10.6. The van der Waals surface area contributed by atoms with E-state index in [9.17, 15) is 14.9 Å². The lowest BCUT2D eigenvalue weighted by Gasteiger charge is -2.01. The molecule has 0 unspecified atom stereocenters. The van der Waals surface area contributed by atoms with Gasteiger partial charge in [0.15, 0.2) is 5.78 Å². The molecule has 0 radical (unpaired) electrons. The lowest BCUT2D eigenvalue weighted by Crippen LogP contribution is -1.98. The zero-order valence-corrected chi connectivity index (χ0v) is 12.8. The summed E-state index contributed by atoms with van der Waals surface area (Å²) in [6.45, 7) is 6.15. The quantitative estimate of drug-likeness (QED) is 0.311. The van der Waals surface area contributed by atoms with Crippen LogP contribution in [0.3, 0.4) is 0 Å². The summed E-state index contributed by atoms with van der Waals surface area (Å²) in [7, 11) is 0. The molecule has 0 bridgehead atoms. The fraction of sp³-hybridized carbons (Fsp3) is 0.353. The number of Topliss-reactive ketones (excluding diaryl/α,β-unsaturated/α-hetero) is 1. The number of ketones is 1. The molecule has 4 heteroatoms. The van der Waals surface area contributed by atoms with Crippen molar-refractivity contribution in [1.29, 1.82) is 0 Å². The molecule has 1 rings (SSSR count). The van der Waals surface area contributed by atoms with Gasteiger partial charge >= 0.3 is 0 Å². The first-order chi connectivity index (χ1) is 9.90. The number of hydrogen-bond acceptors (Lipinski definition) is 3. The zero-order chi connectivity index (χ0) is 15.8. The van der Waals surface area contributed by atoms with Gasteiger partial charge in [0.1, 0.15) is 0 Å². The molecule has 0 amide bonds. The van der Waals surface area contributed by atoms with Crippen LogP contribution in [-0.2, 0) is 0 Å². The third-order valence-corrected chi connectivity index (χ3v) is 3.13. The van der Waals surface area contributed by atoms with E-state index < -0.39 is 4.92 Å². The van der Waals surface area contributed by atoms with Gasteiger partial charge in [0.25, 0.3) is 5.69 Å². The van der Waals surface area contributed by atoms with E-state index in [-0.39, 0.29) is 11.5 Å². The Hall–Kier alpha value is -2.23. The van der Waals surface area contributed by atoms with Crippen LogP contribution in [0.4, 0.5) is 5.69 Å². The van der Waals surface area contributed by atoms with Crippen LogP contribution in [0.1, 0.15) is 50.4 Å². The number of allylic oxidation sites excluding steroid dienone is 4. The molecule has 0 atom stereocenters. The first-order valence-electron chi connectivity index (χ1n) is 6.97. The minimum Gasteiger partial charge on any atom is -0.294 e.